The van der Waals surface area contributed by atoms with E-state index in [1.54, 1.807) is 6.92 Å². The van der Waals surface area contributed by atoms with Crippen LogP contribution in [0.1, 0.15) is 69.2 Å². The zero-order valence-electron chi connectivity index (χ0n) is 18.6. The number of hydrogen-bond acceptors (Lipinski definition) is 5. The number of imide groups is 1. The monoisotopic (exact) mass is 442 g/mol. The van der Waals surface area contributed by atoms with Gasteiger partial charge in [0.25, 0.3) is 5.91 Å². The van der Waals surface area contributed by atoms with Gasteiger partial charge in [0.2, 0.25) is 5.91 Å². The van der Waals surface area contributed by atoms with Gasteiger partial charge in [0.15, 0.2) is 0 Å². The van der Waals surface area contributed by atoms with Gasteiger partial charge >= 0.3 is 6.09 Å². The molecule has 0 aliphatic heterocycles. The Bertz CT molecular complexity index is 986. The molecule has 0 saturated carbocycles. The highest BCUT2D eigenvalue weighted by Gasteiger charge is 2.27. The lowest BCUT2D eigenvalue weighted by Crippen LogP contribution is -2.32. The van der Waals surface area contributed by atoms with Crippen LogP contribution < -0.4 is 10.6 Å². The van der Waals surface area contributed by atoms with Crippen LogP contribution in [0.2, 0.25) is 0 Å². The molecule has 1 aliphatic rings. The molecule has 0 unspecified atom stereocenters. The van der Waals surface area contributed by atoms with Crippen LogP contribution in [0.25, 0.3) is 0 Å². The van der Waals surface area contributed by atoms with Crippen LogP contribution in [-0.4, -0.2) is 24.5 Å². The smallest absolute Gasteiger partial charge is 0.414 e. The highest BCUT2D eigenvalue weighted by atomic mass is 32.1. The molecule has 3 amide bonds. The molecule has 0 fully saturated rings. The van der Waals surface area contributed by atoms with Gasteiger partial charge in [0.05, 0.1) is 18.6 Å². The number of alkyl carbamates (subject to hydrolysis) is 1. The summed E-state index contributed by atoms with van der Waals surface area (Å²) in [5.74, 6) is -0.688. The second-order valence-electron chi connectivity index (χ2n) is 8.05. The average Bonchev–Trinajstić information content (AvgIpc) is 2.85. The molecule has 0 spiro atoms. The molecular formula is C24H30N2O4S. The van der Waals surface area contributed by atoms with E-state index in [4.69, 9.17) is 4.74 Å². The lowest BCUT2D eigenvalue weighted by molar-refractivity contribution is -0.115. The number of nitrogens with one attached hydrogen (secondary N) is 2. The average molecular weight is 443 g/mol. The van der Waals surface area contributed by atoms with E-state index in [1.807, 2.05) is 20.8 Å². The van der Waals surface area contributed by atoms with Crippen LogP contribution in [-0.2, 0) is 28.8 Å². The van der Waals surface area contributed by atoms with E-state index in [0.717, 1.165) is 59.2 Å². The van der Waals surface area contributed by atoms with Crippen LogP contribution in [0.15, 0.2) is 12.1 Å². The van der Waals surface area contributed by atoms with E-state index in [9.17, 15) is 14.4 Å². The summed E-state index contributed by atoms with van der Waals surface area (Å²) in [6, 6.07) is 4.14. The fourth-order valence-electron chi connectivity index (χ4n) is 4.21. The van der Waals surface area contributed by atoms with Gasteiger partial charge in [-0.1, -0.05) is 24.1 Å². The van der Waals surface area contributed by atoms with Crippen molar-refractivity contribution in [2.45, 2.75) is 66.2 Å². The highest BCUT2D eigenvalue weighted by Crippen LogP contribution is 2.37. The minimum atomic E-state index is -0.774. The van der Waals surface area contributed by atoms with Crippen molar-refractivity contribution in [2.75, 3.05) is 11.9 Å². The second kappa shape index (κ2) is 10.1. The molecular weight excluding hydrogens is 412 g/mol. The van der Waals surface area contributed by atoms with Gasteiger partial charge in [-0.2, -0.15) is 0 Å². The number of carbonyl (C=O) groups excluding carboxylic acids is 3. The Morgan fingerprint density at radius 3 is 2.39 bits per heavy atom. The molecule has 0 saturated heterocycles. The van der Waals surface area contributed by atoms with Crippen LogP contribution in [0.3, 0.4) is 0 Å². The molecule has 2 N–H and O–H groups in total. The molecule has 1 aliphatic carbocycles. The number of fused-ring (bicyclic) bond motifs is 1. The predicted molar refractivity (Wildman–Crippen MR) is 123 cm³/mol. The van der Waals surface area contributed by atoms with E-state index < -0.39 is 12.0 Å². The normalized spacial score (nSPS) is 13.2. The Balaban J connectivity index is 1.87. The van der Waals surface area contributed by atoms with E-state index in [-0.39, 0.29) is 18.9 Å². The highest BCUT2D eigenvalue weighted by molar-refractivity contribution is 7.17. The number of aryl methyl sites for hydroxylation is 4. The number of carbonyl (C=O) groups is 3. The second-order valence-corrected chi connectivity index (χ2v) is 9.15. The van der Waals surface area contributed by atoms with Gasteiger partial charge in [-0.15, -0.1) is 11.3 Å². The number of hydrogen-bond donors (Lipinski definition) is 2. The molecule has 3 rings (SSSR count). The lowest BCUT2D eigenvalue weighted by atomic mass is 9.97. The van der Waals surface area contributed by atoms with Gasteiger partial charge in [0, 0.05) is 4.88 Å². The fourth-order valence-corrected chi connectivity index (χ4v) is 5.52. The van der Waals surface area contributed by atoms with Crippen molar-refractivity contribution in [2.24, 2.45) is 0 Å². The van der Waals surface area contributed by atoms with Gasteiger partial charge in [-0.3, -0.25) is 14.9 Å². The summed E-state index contributed by atoms with van der Waals surface area (Å²) in [5, 5.41) is 5.77. The molecule has 166 valence electrons. The molecule has 1 aromatic heterocycles. The molecule has 6 nitrogen and oxygen atoms in total. The Hall–Kier alpha value is -2.67. The van der Waals surface area contributed by atoms with Crippen LogP contribution in [0.5, 0.6) is 0 Å². The number of benzene rings is 1. The molecule has 0 bridgehead atoms. The first-order valence-corrected chi connectivity index (χ1v) is 11.6. The number of anilines is 1. The summed E-state index contributed by atoms with van der Waals surface area (Å²) < 4.78 is 4.86. The van der Waals surface area contributed by atoms with Crippen molar-refractivity contribution < 1.29 is 19.1 Å². The fraction of sp³-hybridized carbons (Fsp3) is 0.458. The SMILES string of the molecule is CCOC(=O)NC(=O)c1c(NC(=O)Cc2c(C)cc(C)cc2C)sc2c1CCCCC2. The molecule has 1 heterocycles. The Kier molecular flexibility index (Phi) is 7.49. The molecule has 1 aromatic carbocycles. The maximum Gasteiger partial charge on any atom is 0.414 e. The minimum Gasteiger partial charge on any atom is -0.450 e. The number of ether oxygens (including phenoxy) is 1. The summed E-state index contributed by atoms with van der Waals surface area (Å²) >= 11 is 1.45. The van der Waals surface area contributed by atoms with Crippen LogP contribution in [0.4, 0.5) is 9.80 Å². The molecule has 31 heavy (non-hydrogen) atoms. The van der Waals surface area contributed by atoms with Crippen molar-refractivity contribution in [3.63, 3.8) is 0 Å². The summed E-state index contributed by atoms with van der Waals surface area (Å²) in [6.45, 7) is 7.92. The minimum absolute atomic E-state index is 0.170. The standard InChI is InChI=1S/C24H30N2O4S/c1-5-30-24(29)26-22(28)21-17-9-7-6-8-10-19(17)31-23(21)25-20(27)13-18-15(3)11-14(2)12-16(18)4/h11-12H,5-10,13H2,1-4H3,(H,25,27)(H,26,28,29). The van der Waals surface area contributed by atoms with Crippen molar-refractivity contribution in [3.05, 3.63) is 50.4 Å². The number of rotatable bonds is 5. The lowest BCUT2D eigenvalue weighted by Gasteiger charge is -2.12. The molecule has 2 aromatic rings. The van der Waals surface area contributed by atoms with E-state index in [0.29, 0.717) is 10.6 Å². The molecule has 0 radical (unpaired) electrons. The first kappa shape index (κ1) is 23.0. The summed E-state index contributed by atoms with van der Waals surface area (Å²) in [7, 11) is 0. The predicted octanol–water partition coefficient (Wildman–Crippen LogP) is 5.01. The van der Waals surface area contributed by atoms with Crippen molar-refractivity contribution >= 4 is 34.2 Å². The van der Waals surface area contributed by atoms with E-state index in [1.165, 1.54) is 16.9 Å². The Morgan fingerprint density at radius 1 is 1.03 bits per heavy atom. The third-order valence-corrected chi connectivity index (χ3v) is 6.78. The maximum atomic E-state index is 12.9. The Labute approximate surface area is 187 Å². The van der Waals surface area contributed by atoms with Gasteiger partial charge in [-0.25, -0.2) is 4.79 Å². The summed E-state index contributed by atoms with van der Waals surface area (Å²) in [6.07, 6.45) is 4.26. The van der Waals surface area contributed by atoms with Gasteiger partial charge < -0.3 is 10.1 Å². The maximum absolute atomic E-state index is 12.9. The van der Waals surface area contributed by atoms with Crippen molar-refractivity contribution in [1.29, 1.82) is 0 Å². The largest absolute Gasteiger partial charge is 0.450 e. The molecule has 0 atom stereocenters. The first-order chi connectivity index (χ1) is 14.8. The van der Waals surface area contributed by atoms with Gasteiger partial charge in [0.1, 0.15) is 5.00 Å². The first-order valence-electron chi connectivity index (χ1n) is 10.8. The zero-order chi connectivity index (χ0) is 22.5. The van der Waals surface area contributed by atoms with Gasteiger partial charge in [-0.05, 0) is 75.6 Å². The zero-order valence-corrected chi connectivity index (χ0v) is 19.5. The Morgan fingerprint density at radius 2 is 1.71 bits per heavy atom. The third-order valence-electron chi connectivity index (χ3n) is 5.57. The van der Waals surface area contributed by atoms with Crippen molar-refractivity contribution in [1.82, 2.24) is 5.32 Å². The number of thiophene rings is 1. The quantitative estimate of drug-likeness (QED) is 0.638. The van der Waals surface area contributed by atoms with Crippen LogP contribution in [0, 0.1) is 20.8 Å². The van der Waals surface area contributed by atoms with E-state index in [2.05, 4.69) is 22.8 Å². The van der Waals surface area contributed by atoms with Crippen LogP contribution >= 0.6 is 11.3 Å². The van der Waals surface area contributed by atoms with Crippen molar-refractivity contribution in [3.8, 4) is 0 Å². The molecule has 7 heteroatoms. The topological polar surface area (TPSA) is 84.5 Å². The van der Waals surface area contributed by atoms with E-state index >= 15 is 0 Å². The third kappa shape index (κ3) is 5.53. The number of amides is 3. The summed E-state index contributed by atoms with van der Waals surface area (Å²) in [4.78, 5) is 38.8. The summed E-state index contributed by atoms with van der Waals surface area (Å²) in [5.41, 5.74) is 5.67.